The number of nitrogens with zero attached hydrogens (tertiary/aromatic N) is 2. The molecular formula is C6H4Cl2N2O. The summed E-state index contributed by atoms with van der Waals surface area (Å²) in [4.78, 5) is 3.74. The van der Waals surface area contributed by atoms with Gasteiger partial charge in [-0.25, -0.2) is 4.98 Å². The third-order valence-electron chi connectivity index (χ3n) is 1.07. The van der Waals surface area contributed by atoms with Gasteiger partial charge >= 0.3 is 0 Å². The van der Waals surface area contributed by atoms with E-state index < -0.39 is 0 Å². The molecule has 11 heavy (non-hydrogen) atoms. The predicted octanol–water partition coefficient (Wildman–Crippen LogP) is 2.11. The van der Waals surface area contributed by atoms with Crippen molar-refractivity contribution < 1.29 is 5.21 Å². The first-order valence-corrected chi connectivity index (χ1v) is 3.49. The summed E-state index contributed by atoms with van der Waals surface area (Å²) in [6.45, 7) is 0. The minimum atomic E-state index is -0.0666. The first-order chi connectivity index (χ1) is 5.25. The molecule has 0 aliphatic carbocycles. The lowest BCUT2D eigenvalue weighted by Crippen LogP contribution is -1.93. The summed E-state index contributed by atoms with van der Waals surface area (Å²) in [6.07, 6.45) is 1.52. The van der Waals surface area contributed by atoms with Gasteiger partial charge < -0.3 is 5.21 Å². The number of aromatic nitrogens is 1. The van der Waals surface area contributed by atoms with Gasteiger partial charge in [-0.1, -0.05) is 28.4 Å². The lowest BCUT2D eigenvalue weighted by Gasteiger charge is -1.96. The van der Waals surface area contributed by atoms with Crippen molar-refractivity contribution in [2.24, 2.45) is 5.16 Å². The second kappa shape index (κ2) is 3.55. The van der Waals surface area contributed by atoms with E-state index in [1.54, 1.807) is 12.1 Å². The summed E-state index contributed by atoms with van der Waals surface area (Å²) in [5, 5.41) is 11.2. The molecule has 0 atom stereocenters. The maximum atomic E-state index is 8.28. The van der Waals surface area contributed by atoms with Crippen LogP contribution in [0.4, 0.5) is 0 Å². The molecule has 0 saturated heterocycles. The smallest absolute Gasteiger partial charge is 0.178 e. The molecule has 1 N–H and O–H groups in total. The van der Waals surface area contributed by atoms with Crippen LogP contribution in [-0.4, -0.2) is 15.4 Å². The molecule has 0 spiro atoms. The van der Waals surface area contributed by atoms with E-state index in [-0.39, 0.29) is 10.3 Å². The van der Waals surface area contributed by atoms with Crippen LogP contribution in [-0.2, 0) is 0 Å². The van der Waals surface area contributed by atoms with E-state index >= 15 is 0 Å². The van der Waals surface area contributed by atoms with Gasteiger partial charge in [-0.05, 0) is 12.1 Å². The third-order valence-corrected chi connectivity index (χ3v) is 1.65. The van der Waals surface area contributed by atoms with Crippen LogP contribution in [0.3, 0.4) is 0 Å². The van der Waals surface area contributed by atoms with Crippen LogP contribution >= 0.6 is 23.2 Å². The molecule has 0 aliphatic heterocycles. The Morgan fingerprint density at radius 2 is 2.36 bits per heavy atom. The van der Waals surface area contributed by atoms with E-state index in [9.17, 15) is 0 Å². The van der Waals surface area contributed by atoms with Gasteiger partial charge in [0.2, 0.25) is 0 Å². The summed E-state index contributed by atoms with van der Waals surface area (Å²) in [7, 11) is 0. The molecule has 5 heteroatoms. The SMILES string of the molecule is ON=C(Cl)c1cccnc1Cl. The van der Waals surface area contributed by atoms with Crippen molar-refractivity contribution in [1.82, 2.24) is 4.98 Å². The molecule has 3 nitrogen and oxygen atoms in total. The summed E-state index contributed by atoms with van der Waals surface area (Å²) in [5.41, 5.74) is 0.415. The van der Waals surface area contributed by atoms with Gasteiger partial charge in [-0.15, -0.1) is 0 Å². The maximum absolute atomic E-state index is 8.28. The zero-order chi connectivity index (χ0) is 8.27. The van der Waals surface area contributed by atoms with Gasteiger partial charge in [-0.3, -0.25) is 0 Å². The zero-order valence-corrected chi connectivity index (χ0v) is 6.84. The summed E-state index contributed by atoms with van der Waals surface area (Å²) in [5.74, 6) is 0. The summed E-state index contributed by atoms with van der Waals surface area (Å²) in [6, 6.07) is 3.26. The molecule has 1 aromatic rings. The molecule has 0 fully saturated rings. The highest BCUT2D eigenvalue weighted by Crippen LogP contribution is 2.14. The van der Waals surface area contributed by atoms with E-state index in [0.717, 1.165) is 0 Å². The van der Waals surface area contributed by atoms with E-state index in [0.29, 0.717) is 5.56 Å². The Labute approximate surface area is 73.3 Å². The van der Waals surface area contributed by atoms with Crippen molar-refractivity contribution in [3.63, 3.8) is 0 Å². The van der Waals surface area contributed by atoms with E-state index in [2.05, 4.69) is 10.1 Å². The lowest BCUT2D eigenvalue weighted by molar-refractivity contribution is 0.321. The van der Waals surface area contributed by atoms with Gasteiger partial charge in [0.1, 0.15) is 5.15 Å². The number of halogens is 2. The molecule has 58 valence electrons. The molecule has 1 aromatic heterocycles. The Bertz CT molecular complexity index is 288. The highest BCUT2D eigenvalue weighted by molar-refractivity contribution is 6.70. The quantitative estimate of drug-likeness (QED) is 0.319. The van der Waals surface area contributed by atoms with Crippen LogP contribution < -0.4 is 0 Å². The average molecular weight is 191 g/mol. The normalized spacial score (nSPS) is 11.6. The first kappa shape index (κ1) is 8.30. The molecule has 0 amide bonds. The Morgan fingerprint density at radius 3 is 2.91 bits per heavy atom. The minimum Gasteiger partial charge on any atom is -0.410 e. The highest BCUT2D eigenvalue weighted by Gasteiger charge is 2.04. The van der Waals surface area contributed by atoms with Crippen molar-refractivity contribution in [3.05, 3.63) is 29.0 Å². The van der Waals surface area contributed by atoms with Crippen molar-refractivity contribution in [1.29, 1.82) is 0 Å². The molecule has 0 unspecified atom stereocenters. The maximum Gasteiger partial charge on any atom is 0.178 e. The standard InChI is InChI=1S/C6H4Cl2N2O/c7-5-4(6(8)10-11)2-1-3-9-5/h1-3,11H. The van der Waals surface area contributed by atoms with E-state index in [1.165, 1.54) is 6.20 Å². The molecule has 0 bridgehead atoms. The Hall–Kier alpha value is -0.800. The monoisotopic (exact) mass is 190 g/mol. The third kappa shape index (κ3) is 1.82. The Kier molecular flexibility index (Phi) is 2.68. The number of pyridine rings is 1. The van der Waals surface area contributed by atoms with Gasteiger partial charge in [-0.2, -0.15) is 0 Å². The number of oxime groups is 1. The van der Waals surface area contributed by atoms with Gasteiger partial charge in [0.15, 0.2) is 5.17 Å². The lowest BCUT2D eigenvalue weighted by atomic mass is 10.3. The zero-order valence-electron chi connectivity index (χ0n) is 5.33. The fraction of sp³-hybridized carbons (Fsp3) is 0. The summed E-state index contributed by atoms with van der Waals surface area (Å²) < 4.78 is 0. The number of rotatable bonds is 1. The molecule has 1 heterocycles. The van der Waals surface area contributed by atoms with Crippen LogP contribution in [0.1, 0.15) is 5.56 Å². The average Bonchev–Trinajstić information content (AvgIpc) is 2.04. The van der Waals surface area contributed by atoms with Crippen molar-refractivity contribution in [2.45, 2.75) is 0 Å². The second-order valence-corrected chi connectivity index (χ2v) is 2.45. The van der Waals surface area contributed by atoms with Crippen molar-refractivity contribution >= 4 is 28.4 Å². The fourth-order valence-electron chi connectivity index (χ4n) is 0.594. The summed E-state index contributed by atoms with van der Waals surface area (Å²) >= 11 is 11.1. The molecule has 0 saturated carbocycles. The molecule has 1 rings (SSSR count). The van der Waals surface area contributed by atoms with E-state index in [1.807, 2.05) is 0 Å². The fourth-order valence-corrected chi connectivity index (χ4v) is 1.00. The number of hydrogen-bond acceptors (Lipinski definition) is 3. The van der Waals surface area contributed by atoms with Crippen LogP contribution in [0.5, 0.6) is 0 Å². The van der Waals surface area contributed by atoms with Crippen LogP contribution in [0, 0.1) is 0 Å². The Morgan fingerprint density at radius 1 is 1.64 bits per heavy atom. The molecular weight excluding hydrogens is 187 g/mol. The molecule has 0 aliphatic rings. The topological polar surface area (TPSA) is 45.5 Å². The molecule has 0 radical (unpaired) electrons. The van der Waals surface area contributed by atoms with Crippen molar-refractivity contribution in [2.75, 3.05) is 0 Å². The number of hydrogen-bond donors (Lipinski definition) is 1. The van der Waals surface area contributed by atoms with Crippen molar-refractivity contribution in [3.8, 4) is 0 Å². The van der Waals surface area contributed by atoms with Gasteiger partial charge in [0.25, 0.3) is 0 Å². The van der Waals surface area contributed by atoms with Gasteiger partial charge in [0.05, 0.1) is 5.56 Å². The van der Waals surface area contributed by atoms with Crippen LogP contribution in [0.15, 0.2) is 23.5 Å². The highest BCUT2D eigenvalue weighted by atomic mass is 35.5. The van der Waals surface area contributed by atoms with Gasteiger partial charge in [0, 0.05) is 6.20 Å². The van der Waals surface area contributed by atoms with E-state index in [4.69, 9.17) is 28.4 Å². The second-order valence-electron chi connectivity index (χ2n) is 1.73. The predicted molar refractivity (Wildman–Crippen MR) is 43.4 cm³/mol. The van der Waals surface area contributed by atoms with Crippen LogP contribution in [0.25, 0.3) is 0 Å². The molecule has 0 aromatic carbocycles. The first-order valence-electron chi connectivity index (χ1n) is 2.74. The Balaban J connectivity index is 3.14. The van der Waals surface area contributed by atoms with Crippen LogP contribution in [0.2, 0.25) is 5.15 Å². The minimum absolute atomic E-state index is 0.0666. The largest absolute Gasteiger partial charge is 0.410 e.